The van der Waals surface area contributed by atoms with Gasteiger partial charge in [-0.15, -0.1) is 0 Å². The minimum atomic E-state index is -0.337. The van der Waals surface area contributed by atoms with Crippen LogP contribution in [-0.4, -0.2) is 31.1 Å². The molecule has 0 N–H and O–H groups in total. The molecule has 0 radical (unpaired) electrons. The second-order valence-corrected chi connectivity index (χ2v) is 13.2. The number of allylic oxidation sites excluding steroid dienone is 1. The van der Waals surface area contributed by atoms with Crippen molar-refractivity contribution < 1.29 is 19.0 Å². The summed E-state index contributed by atoms with van der Waals surface area (Å²) in [5, 5.41) is 0. The third kappa shape index (κ3) is 4.29. The lowest BCUT2D eigenvalue weighted by Gasteiger charge is -2.58. The smallest absolute Gasteiger partial charge is 0.302 e. The molecule has 34 heavy (non-hydrogen) atoms. The lowest BCUT2D eigenvalue weighted by molar-refractivity contribution is -0.149. The van der Waals surface area contributed by atoms with Crippen molar-refractivity contribution in [1.29, 1.82) is 0 Å². The maximum atomic E-state index is 11.5. The molecule has 0 aromatic rings. The number of carbonyl (C=O) groups is 1. The van der Waals surface area contributed by atoms with E-state index in [1.165, 1.54) is 51.4 Å². The van der Waals surface area contributed by atoms with Crippen LogP contribution in [0, 0.1) is 40.4 Å². The average molecular weight is 473 g/mol. The van der Waals surface area contributed by atoms with E-state index in [0.717, 1.165) is 62.1 Å². The first-order chi connectivity index (χ1) is 16.1. The van der Waals surface area contributed by atoms with Crippen LogP contribution in [0.2, 0.25) is 0 Å². The van der Waals surface area contributed by atoms with Crippen LogP contribution >= 0.6 is 0 Å². The summed E-state index contributed by atoms with van der Waals surface area (Å²) in [6.45, 7) is 12.9. The Labute approximate surface area is 207 Å². The van der Waals surface area contributed by atoms with Crippen molar-refractivity contribution in [2.24, 2.45) is 40.4 Å². The summed E-state index contributed by atoms with van der Waals surface area (Å²) in [4.78, 5) is 11.5. The molecule has 0 bridgehead atoms. The predicted molar refractivity (Wildman–Crippen MR) is 134 cm³/mol. The minimum absolute atomic E-state index is 0.0984. The van der Waals surface area contributed by atoms with E-state index < -0.39 is 0 Å². The number of esters is 1. The molecule has 4 fully saturated rings. The van der Waals surface area contributed by atoms with Crippen molar-refractivity contribution in [3.05, 3.63) is 11.6 Å². The van der Waals surface area contributed by atoms with E-state index in [9.17, 15) is 4.79 Å². The van der Waals surface area contributed by atoms with Gasteiger partial charge in [0.15, 0.2) is 5.79 Å². The Morgan fingerprint density at radius 3 is 2.59 bits per heavy atom. The number of carbonyl (C=O) groups excluding carboxylic acids is 1. The molecule has 0 spiro atoms. The fourth-order valence-corrected chi connectivity index (χ4v) is 9.59. The molecule has 1 heterocycles. The first-order valence-electron chi connectivity index (χ1n) is 14.3. The van der Waals surface area contributed by atoms with Gasteiger partial charge >= 0.3 is 5.97 Å². The Morgan fingerprint density at radius 1 is 1.09 bits per heavy atom. The van der Waals surface area contributed by atoms with Gasteiger partial charge in [0.05, 0.1) is 13.2 Å². The zero-order valence-corrected chi connectivity index (χ0v) is 22.4. The van der Waals surface area contributed by atoms with Crippen LogP contribution in [0.4, 0.5) is 0 Å². The zero-order valence-electron chi connectivity index (χ0n) is 22.4. The molecule has 0 aromatic carbocycles. The van der Waals surface area contributed by atoms with E-state index in [2.05, 4.69) is 33.8 Å². The van der Waals surface area contributed by atoms with Crippen LogP contribution in [0.5, 0.6) is 0 Å². The lowest BCUT2D eigenvalue weighted by Crippen LogP contribution is -2.51. The van der Waals surface area contributed by atoms with Crippen LogP contribution in [-0.2, 0) is 19.0 Å². The molecule has 1 saturated heterocycles. The van der Waals surface area contributed by atoms with E-state index in [0.29, 0.717) is 10.8 Å². The molecule has 1 aliphatic heterocycles. The molecule has 4 aliphatic carbocycles. The van der Waals surface area contributed by atoms with Gasteiger partial charge in [-0.1, -0.05) is 38.8 Å². The Bertz CT molecular complexity index is 798. The highest BCUT2D eigenvalue weighted by Crippen LogP contribution is 2.67. The van der Waals surface area contributed by atoms with Gasteiger partial charge in [-0.2, -0.15) is 0 Å². The Balaban J connectivity index is 1.24. The number of fused-ring (bicyclic) bond motifs is 5. The van der Waals surface area contributed by atoms with Crippen LogP contribution in [0.25, 0.3) is 0 Å². The second kappa shape index (κ2) is 9.21. The van der Waals surface area contributed by atoms with Crippen molar-refractivity contribution in [3.63, 3.8) is 0 Å². The van der Waals surface area contributed by atoms with E-state index >= 15 is 0 Å². The number of hydrogen-bond acceptors (Lipinski definition) is 4. The zero-order chi connectivity index (χ0) is 24.1. The summed E-state index contributed by atoms with van der Waals surface area (Å²) < 4.78 is 17.3. The molecule has 8 atom stereocenters. The van der Waals surface area contributed by atoms with Gasteiger partial charge in [-0.3, -0.25) is 4.79 Å². The molecular weight excluding hydrogens is 424 g/mol. The largest absolute Gasteiger partial charge is 0.462 e. The highest BCUT2D eigenvalue weighted by atomic mass is 16.7. The first-order valence-corrected chi connectivity index (χ1v) is 14.3. The van der Waals surface area contributed by atoms with E-state index in [4.69, 9.17) is 14.2 Å². The molecule has 0 unspecified atom stereocenters. The SMILES string of the molecule is CC(=O)O[C@H]1CC[C@@]2(C)C(=CC[C@H]3[C@@H]4CC[C@H]([C@H](C)CCCC5(C)OCCO5)[C@@]4(C)CC[C@@H]32)C1. The molecule has 0 aromatic heterocycles. The molecule has 3 saturated carbocycles. The third-order valence-corrected chi connectivity index (χ3v) is 11.3. The summed E-state index contributed by atoms with van der Waals surface area (Å²) in [6.07, 6.45) is 16.2. The van der Waals surface area contributed by atoms with Crippen molar-refractivity contribution in [3.8, 4) is 0 Å². The molecule has 192 valence electrons. The molecule has 5 aliphatic rings. The monoisotopic (exact) mass is 472 g/mol. The summed E-state index contributed by atoms with van der Waals surface area (Å²) in [5.74, 6) is 3.70. The van der Waals surface area contributed by atoms with Gasteiger partial charge in [0, 0.05) is 19.8 Å². The van der Waals surface area contributed by atoms with Gasteiger partial charge in [-0.05, 0) is 98.7 Å². The van der Waals surface area contributed by atoms with Crippen LogP contribution < -0.4 is 0 Å². The number of hydrogen-bond donors (Lipinski definition) is 0. The number of rotatable bonds is 6. The van der Waals surface area contributed by atoms with Crippen LogP contribution in [0.15, 0.2) is 11.6 Å². The second-order valence-electron chi connectivity index (χ2n) is 13.2. The highest BCUT2D eigenvalue weighted by molar-refractivity contribution is 5.66. The molecule has 5 rings (SSSR count). The van der Waals surface area contributed by atoms with Gasteiger partial charge < -0.3 is 14.2 Å². The maximum absolute atomic E-state index is 11.5. The fraction of sp³-hybridized carbons (Fsp3) is 0.900. The van der Waals surface area contributed by atoms with Crippen molar-refractivity contribution in [2.75, 3.05) is 13.2 Å². The van der Waals surface area contributed by atoms with Crippen molar-refractivity contribution in [1.82, 2.24) is 0 Å². The Kier molecular flexibility index (Phi) is 6.72. The highest BCUT2D eigenvalue weighted by Gasteiger charge is 2.59. The third-order valence-electron chi connectivity index (χ3n) is 11.3. The minimum Gasteiger partial charge on any atom is -0.462 e. The summed E-state index contributed by atoms with van der Waals surface area (Å²) in [7, 11) is 0. The average Bonchev–Trinajstić information content (AvgIpc) is 3.36. The quantitative estimate of drug-likeness (QED) is 0.306. The van der Waals surface area contributed by atoms with Gasteiger partial charge in [0.1, 0.15) is 6.10 Å². The van der Waals surface area contributed by atoms with Crippen molar-refractivity contribution in [2.45, 2.75) is 117 Å². The molecular formula is C30H48O4. The van der Waals surface area contributed by atoms with Crippen LogP contribution in [0.3, 0.4) is 0 Å². The van der Waals surface area contributed by atoms with E-state index in [1.54, 1.807) is 12.5 Å². The standard InChI is InChI=1S/C30H48O4/c1-20(7-6-14-30(5)32-17-18-33-30)25-10-11-26-24-9-8-22-19-23(34-21(2)31)12-15-28(22,3)27(24)13-16-29(25,26)4/h8,20,23-27H,6-7,9-19H2,1-5H3/t20-,23+,24+,25-,26+,27+,28+,29-/m1/s1. The maximum Gasteiger partial charge on any atom is 0.302 e. The first kappa shape index (κ1) is 24.8. The topological polar surface area (TPSA) is 44.8 Å². The van der Waals surface area contributed by atoms with Gasteiger partial charge in [-0.25, -0.2) is 0 Å². The van der Waals surface area contributed by atoms with E-state index in [1.807, 2.05) is 0 Å². The summed E-state index contributed by atoms with van der Waals surface area (Å²) in [6, 6.07) is 0. The fourth-order valence-electron chi connectivity index (χ4n) is 9.59. The summed E-state index contributed by atoms with van der Waals surface area (Å²) >= 11 is 0. The number of ether oxygens (including phenoxy) is 3. The lowest BCUT2D eigenvalue weighted by atomic mass is 9.47. The normalized spacial score (nSPS) is 43.9. The molecule has 4 heteroatoms. The Hall–Kier alpha value is -0.870. The van der Waals surface area contributed by atoms with Crippen LogP contribution in [0.1, 0.15) is 105 Å². The molecule has 4 nitrogen and oxygen atoms in total. The van der Waals surface area contributed by atoms with Crippen molar-refractivity contribution >= 4 is 5.97 Å². The van der Waals surface area contributed by atoms with Gasteiger partial charge in [0.2, 0.25) is 0 Å². The Morgan fingerprint density at radius 2 is 1.85 bits per heavy atom. The van der Waals surface area contributed by atoms with Gasteiger partial charge in [0.25, 0.3) is 0 Å². The summed E-state index contributed by atoms with van der Waals surface area (Å²) in [5.41, 5.74) is 2.42. The van der Waals surface area contributed by atoms with E-state index in [-0.39, 0.29) is 17.9 Å². The molecule has 0 amide bonds. The predicted octanol–water partition coefficient (Wildman–Crippen LogP) is 7.07.